The number of piperazine rings is 1. The number of ether oxygens (including phenoxy) is 2. The lowest BCUT2D eigenvalue weighted by molar-refractivity contribution is -0.147. The Bertz CT molecular complexity index is 1580. The van der Waals surface area contributed by atoms with Crippen molar-refractivity contribution in [3.8, 4) is 0 Å². The minimum absolute atomic E-state index is 0.0590. The third-order valence-corrected chi connectivity index (χ3v) is 21.3. The highest BCUT2D eigenvalue weighted by Crippen LogP contribution is 2.21. The molecule has 0 saturated carbocycles. The first kappa shape index (κ1) is 95.7. The number of esters is 2. The first-order valence-electron chi connectivity index (χ1n) is 44.0. The second-order valence-corrected chi connectivity index (χ2v) is 31.3. The average molecular weight is 1420 g/mol. The fraction of sp³-hybridized carbons (Fsp3) is 0.953. The molecule has 2 amide bonds. The molecule has 0 spiro atoms. The zero-order valence-corrected chi connectivity index (χ0v) is 66.5. The summed E-state index contributed by atoms with van der Waals surface area (Å²) in [5, 5.41) is 50.3. The van der Waals surface area contributed by atoms with Gasteiger partial charge in [-0.05, 0) is 38.5 Å². The van der Waals surface area contributed by atoms with Gasteiger partial charge in [0.15, 0.2) is 0 Å². The van der Waals surface area contributed by atoms with Crippen LogP contribution in [0.3, 0.4) is 0 Å². The second kappa shape index (κ2) is 73.5. The number of hydrogen-bond donors (Lipinski definition) is 6. The van der Waals surface area contributed by atoms with Crippen molar-refractivity contribution in [3.05, 3.63) is 0 Å². The van der Waals surface area contributed by atoms with Gasteiger partial charge in [-0.25, -0.2) is 0 Å². The van der Waals surface area contributed by atoms with Crippen LogP contribution in [0, 0.1) is 0 Å². The second-order valence-electron chi connectivity index (χ2n) is 31.3. The van der Waals surface area contributed by atoms with Crippen LogP contribution < -0.4 is 10.6 Å². The molecule has 1 rings (SSSR count). The molecular weight excluding hydrogens is 1250 g/mol. The first-order valence-corrected chi connectivity index (χ1v) is 44.0. The van der Waals surface area contributed by atoms with Gasteiger partial charge in [0.2, 0.25) is 11.8 Å². The number of unbranched alkanes of at least 4 members (excludes halogenated alkanes) is 52. The Morgan fingerprint density at radius 3 is 0.650 bits per heavy atom. The van der Waals surface area contributed by atoms with E-state index in [9.17, 15) is 39.6 Å². The van der Waals surface area contributed by atoms with Crippen LogP contribution in [0.2, 0.25) is 0 Å². The molecule has 592 valence electrons. The largest absolute Gasteiger partial charge is 0.464 e. The molecule has 0 radical (unpaired) electrons. The monoisotopic (exact) mass is 1420 g/mol. The lowest BCUT2D eigenvalue weighted by atomic mass is 10.0. The number of rotatable bonds is 80. The van der Waals surface area contributed by atoms with Gasteiger partial charge in [0.05, 0.1) is 24.4 Å². The zero-order chi connectivity index (χ0) is 72.7. The molecule has 14 nitrogen and oxygen atoms in total. The van der Waals surface area contributed by atoms with E-state index in [1.165, 1.54) is 308 Å². The number of carbonyl (C=O) groups excluding carboxylic acids is 4. The van der Waals surface area contributed by atoms with Crippen LogP contribution in [0.15, 0.2) is 0 Å². The van der Waals surface area contributed by atoms with E-state index < -0.39 is 60.3 Å². The lowest BCUT2D eigenvalue weighted by Gasteiger charge is -2.29. The Hall–Kier alpha value is -2.36. The number of aliphatic hydroxyl groups is 4. The molecule has 1 aliphatic rings. The fourth-order valence-corrected chi connectivity index (χ4v) is 14.7. The quantitative estimate of drug-likeness (QED) is 0.0249. The molecule has 0 aromatic rings. The zero-order valence-electron chi connectivity index (χ0n) is 66.5. The maximum atomic E-state index is 13.3. The summed E-state index contributed by atoms with van der Waals surface area (Å²) in [4.78, 5) is 56.8. The number of amides is 2. The Labute approximate surface area is 617 Å². The molecule has 1 heterocycles. The van der Waals surface area contributed by atoms with Gasteiger partial charge in [0.1, 0.15) is 25.3 Å². The Kier molecular flexibility index (Phi) is 70.3. The van der Waals surface area contributed by atoms with Crippen molar-refractivity contribution in [3.63, 3.8) is 0 Å². The van der Waals surface area contributed by atoms with Crippen LogP contribution in [0.5, 0.6) is 0 Å². The fourth-order valence-electron chi connectivity index (χ4n) is 14.7. The summed E-state index contributed by atoms with van der Waals surface area (Å²) < 4.78 is 11.3. The van der Waals surface area contributed by atoms with Crippen LogP contribution in [-0.2, 0) is 28.7 Å². The van der Waals surface area contributed by atoms with Gasteiger partial charge < -0.3 is 40.5 Å². The van der Waals surface area contributed by atoms with Crippen LogP contribution in [0.4, 0.5) is 0 Å². The van der Waals surface area contributed by atoms with E-state index in [4.69, 9.17) is 9.47 Å². The summed E-state index contributed by atoms with van der Waals surface area (Å²) in [6.07, 6.45) is 72.4. The summed E-state index contributed by atoms with van der Waals surface area (Å²) in [5.41, 5.74) is 0. The molecule has 0 bridgehead atoms. The highest BCUT2D eigenvalue weighted by molar-refractivity contribution is 5.97. The minimum Gasteiger partial charge on any atom is -0.464 e. The van der Waals surface area contributed by atoms with Crippen LogP contribution in [0.25, 0.3) is 0 Å². The van der Waals surface area contributed by atoms with E-state index >= 15 is 0 Å². The van der Waals surface area contributed by atoms with E-state index in [1.54, 1.807) is 0 Å². The van der Waals surface area contributed by atoms with Gasteiger partial charge >= 0.3 is 11.9 Å². The molecule has 14 heteroatoms. The molecule has 1 aliphatic heterocycles. The van der Waals surface area contributed by atoms with Crippen molar-refractivity contribution < 1.29 is 49.1 Å². The van der Waals surface area contributed by atoms with Crippen molar-refractivity contribution >= 4 is 23.8 Å². The average Bonchev–Trinajstić information content (AvgIpc) is 0.850. The standard InChI is InChI=1S/C86H168N4O10/c1-5-9-13-17-21-25-29-33-37-41-45-49-53-57-61-77(91)73-89(74-78(92)62-58-54-50-46-42-38-34-30-26-22-18-14-10-6-2)69-71-99-83(95)67-65-81-85(97)88-82(86(98)87-81)66-68-84(96)100-72-70-90(75-79(93)63-59-55-51-47-43-39-35-31-27-23-19-15-11-7-3)76-80(94)64-60-56-52-48-44-40-36-32-28-24-20-16-12-8-4/h77-82,91-94H,5-76H2,1-4H3,(H,87,98)(H,88,97). The summed E-state index contributed by atoms with van der Waals surface area (Å²) in [6.45, 7) is 11.6. The number of aliphatic hydroxyl groups excluding tert-OH is 4. The highest BCUT2D eigenvalue weighted by Gasteiger charge is 2.34. The number of hydrogen-bond acceptors (Lipinski definition) is 12. The van der Waals surface area contributed by atoms with Gasteiger partial charge in [-0.1, -0.05) is 387 Å². The van der Waals surface area contributed by atoms with Gasteiger partial charge in [-0.3, -0.25) is 29.0 Å². The Balaban J connectivity index is 2.61. The molecular formula is C86H168N4O10. The maximum absolute atomic E-state index is 13.3. The van der Waals surface area contributed by atoms with Gasteiger partial charge in [0, 0.05) is 52.1 Å². The third kappa shape index (κ3) is 64.1. The number of carbonyl (C=O) groups is 4. The molecule has 1 saturated heterocycles. The predicted molar refractivity (Wildman–Crippen MR) is 421 cm³/mol. The third-order valence-electron chi connectivity index (χ3n) is 21.3. The molecule has 6 N–H and O–H groups in total. The van der Waals surface area contributed by atoms with E-state index in [-0.39, 0.29) is 38.9 Å². The van der Waals surface area contributed by atoms with Crippen LogP contribution >= 0.6 is 0 Å². The van der Waals surface area contributed by atoms with Crippen molar-refractivity contribution in [2.75, 3.05) is 52.5 Å². The molecule has 0 aromatic carbocycles. The van der Waals surface area contributed by atoms with E-state index in [2.05, 4.69) is 38.3 Å². The van der Waals surface area contributed by atoms with E-state index in [0.29, 0.717) is 65.0 Å². The normalized spacial score (nSPS) is 15.4. The summed E-state index contributed by atoms with van der Waals surface area (Å²) >= 11 is 0. The van der Waals surface area contributed by atoms with Crippen molar-refractivity contribution in [2.45, 2.75) is 475 Å². The summed E-state index contributed by atoms with van der Waals surface area (Å²) in [5.74, 6) is -1.83. The highest BCUT2D eigenvalue weighted by atomic mass is 16.5. The number of nitrogens with one attached hydrogen (secondary N) is 2. The Morgan fingerprint density at radius 2 is 0.470 bits per heavy atom. The first-order chi connectivity index (χ1) is 48.9. The molecule has 0 aromatic heterocycles. The lowest BCUT2D eigenvalue weighted by Crippen LogP contribution is -2.61. The minimum atomic E-state index is -0.921. The molecule has 6 atom stereocenters. The predicted octanol–water partition coefficient (Wildman–Crippen LogP) is 21.1. The smallest absolute Gasteiger partial charge is 0.305 e. The molecule has 1 fully saturated rings. The van der Waals surface area contributed by atoms with Crippen LogP contribution in [-0.4, -0.2) is 143 Å². The van der Waals surface area contributed by atoms with E-state index in [1.807, 2.05) is 9.80 Å². The van der Waals surface area contributed by atoms with Crippen molar-refractivity contribution in [1.29, 1.82) is 0 Å². The summed E-state index contributed by atoms with van der Waals surface area (Å²) in [6, 6.07) is -1.84. The van der Waals surface area contributed by atoms with Gasteiger partial charge in [0.25, 0.3) is 0 Å². The maximum Gasteiger partial charge on any atom is 0.305 e. The van der Waals surface area contributed by atoms with Crippen molar-refractivity contribution in [2.24, 2.45) is 0 Å². The SMILES string of the molecule is CCCCCCCCCCCCCCCCC(O)CN(CCOC(=O)CCC1NC(=O)C(CCC(=O)OCCN(CC(O)CCCCCCCCCCCCCCCC)CC(O)CCCCCCCCCCCCCCCC)NC1=O)CC(O)CCCCCCCCCCCCCCCC. The summed E-state index contributed by atoms with van der Waals surface area (Å²) in [7, 11) is 0. The molecule has 100 heavy (non-hydrogen) atoms. The topological polar surface area (TPSA) is 198 Å². The van der Waals surface area contributed by atoms with Gasteiger partial charge in [-0.2, -0.15) is 0 Å². The molecule has 6 unspecified atom stereocenters. The Morgan fingerprint density at radius 1 is 0.300 bits per heavy atom. The van der Waals surface area contributed by atoms with Gasteiger partial charge in [-0.15, -0.1) is 0 Å². The number of nitrogens with zero attached hydrogens (tertiary/aromatic N) is 2. The molecule has 0 aliphatic carbocycles. The van der Waals surface area contributed by atoms with Crippen molar-refractivity contribution in [1.82, 2.24) is 20.4 Å². The van der Waals surface area contributed by atoms with E-state index in [0.717, 1.165) is 51.4 Å². The van der Waals surface area contributed by atoms with Crippen LogP contribution in [0.1, 0.15) is 439 Å².